The zero-order valence-electron chi connectivity index (χ0n) is 20.4. The number of hydrogen-bond acceptors (Lipinski definition) is 4. The van der Waals surface area contributed by atoms with E-state index in [1.54, 1.807) is 0 Å². The first-order valence-electron chi connectivity index (χ1n) is 12.0. The Labute approximate surface area is 202 Å². The third-order valence-electron chi connectivity index (χ3n) is 5.83. The molecule has 0 aliphatic heterocycles. The summed E-state index contributed by atoms with van der Waals surface area (Å²) >= 11 is 0. The highest BCUT2D eigenvalue weighted by molar-refractivity contribution is 5.84. The van der Waals surface area contributed by atoms with Crippen LogP contribution in [-0.2, 0) is 6.42 Å². The molecule has 4 aromatic rings. The Morgan fingerprint density at radius 2 is 1.97 bits per heavy atom. The van der Waals surface area contributed by atoms with Gasteiger partial charge < -0.3 is 5.32 Å². The van der Waals surface area contributed by atoms with Crippen molar-refractivity contribution < 1.29 is 0 Å². The molecule has 0 spiro atoms. The summed E-state index contributed by atoms with van der Waals surface area (Å²) in [6.45, 7) is 12.8. The number of allylic oxidation sites excluding steroid dienone is 2. The van der Waals surface area contributed by atoms with Gasteiger partial charge in [0.15, 0.2) is 0 Å². The van der Waals surface area contributed by atoms with Gasteiger partial charge in [0.2, 0.25) is 0 Å². The van der Waals surface area contributed by atoms with Crippen LogP contribution in [0.3, 0.4) is 0 Å². The highest BCUT2D eigenvalue weighted by Gasteiger charge is 2.16. The van der Waals surface area contributed by atoms with Gasteiger partial charge in [-0.3, -0.25) is 14.4 Å². The lowest BCUT2D eigenvalue weighted by Crippen LogP contribution is -2.16. The number of hydrogen-bond donors (Lipinski definition) is 1. The summed E-state index contributed by atoms with van der Waals surface area (Å²) in [6.07, 6.45) is 11.4. The molecule has 5 heteroatoms. The molecular formula is C29H33N5. The standard InChI is InChI=1S/C29H33N5/c1-5-16-30-17-9-11-24-19-22(3)25(31-20-24)15-14-21(2)29-28(26-12-8-10-23(4)32-26)33-27-13-6-7-18-34(27)29/h6-8,10,12-15,18-20,30H,2,5,9,11,16-17H2,1,3-4H3/b15-14-. The maximum absolute atomic E-state index is 4.86. The van der Waals surface area contributed by atoms with Gasteiger partial charge in [0.05, 0.1) is 17.1 Å². The average Bonchev–Trinajstić information content (AvgIpc) is 3.23. The van der Waals surface area contributed by atoms with Crippen molar-refractivity contribution in [3.05, 3.63) is 95.7 Å². The van der Waals surface area contributed by atoms with Gasteiger partial charge in [-0.2, -0.15) is 0 Å². The molecule has 0 amide bonds. The molecule has 34 heavy (non-hydrogen) atoms. The van der Waals surface area contributed by atoms with Gasteiger partial charge in [-0.1, -0.05) is 37.8 Å². The first-order valence-corrected chi connectivity index (χ1v) is 12.0. The van der Waals surface area contributed by atoms with Crippen molar-refractivity contribution in [2.45, 2.75) is 40.0 Å². The molecule has 0 atom stereocenters. The Hall–Kier alpha value is -3.57. The maximum atomic E-state index is 4.86. The van der Waals surface area contributed by atoms with Gasteiger partial charge in [-0.15, -0.1) is 0 Å². The maximum Gasteiger partial charge on any atom is 0.138 e. The molecule has 4 rings (SSSR count). The Bertz CT molecular complexity index is 1320. The van der Waals surface area contributed by atoms with Gasteiger partial charge in [-0.05, 0) is 93.2 Å². The zero-order valence-corrected chi connectivity index (χ0v) is 20.4. The first kappa shape index (κ1) is 23.6. The molecule has 0 fully saturated rings. The van der Waals surface area contributed by atoms with Crippen LogP contribution in [0.4, 0.5) is 0 Å². The van der Waals surface area contributed by atoms with Crippen molar-refractivity contribution in [1.29, 1.82) is 0 Å². The smallest absolute Gasteiger partial charge is 0.138 e. The van der Waals surface area contributed by atoms with Gasteiger partial charge >= 0.3 is 0 Å². The average molecular weight is 452 g/mol. The summed E-state index contributed by atoms with van der Waals surface area (Å²) in [5.74, 6) is 0. The van der Waals surface area contributed by atoms with Crippen LogP contribution in [0.15, 0.2) is 67.5 Å². The van der Waals surface area contributed by atoms with E-state index in [4.69, 9.17) is 15.0 Å². The number of nitrogens with zero attached hydrogens (tertiary/aromatic N) is 4. The fraction of sp³-hybridized carbons (Fsp3) is 0.276. The van der Waals surface area contributed by atoms with E-state index in [0.29, 0.717) is 0 Å². The molecule has 0 aromatic carbocycles. The minimum absolute atomic E-state index is 0.835. The molecule has 0 aliphatic carbocycles. The molecule has 4 heterocycles. The fourth-order valence-corrected chi connectivity index (χ4v) is 4.09. The van der Waals surface area contributed by atoms with Crippen LogP contribution < -0.4 is 5.32 Å². The van der Waals surface area contributed by atoms with Crippen LogP contribution >= 0.6 is 0 Å². The monoisotopic (exact) mass is 451 g/mol. The number of imidazole rings is 1. The molecule has 0 saturated carbocycles. The summed E-state index contributed by atoms with van der Waals surface area (Å²) < 4.78 is 2.07. The zero-order chi connectivity index (χ0) is 23.9. The lowest BCUT2D eigenvalue weighted by Gasteiger charge is -2.07. The van der Waals surface area contributed by atoms with Crippen LogP contribution in [0.1, 0.15) is 48.0 Å². The summed E-state index contributed by atoms with van der Waals surface area (Å²) in [4.78, 5) is 14.3. The molecule has 4 aromatic heterocycles. The van der Waals surface area contributed by atoms with E-state index in [2.05, 4.69) is 36.2 Å². The molecule has 174 valence electrons. The number of aromatic nitrogens is 4. The number of nitrogens with one attached hydrogen (secondary N) is 1. The quantitative estimate of drug-likeness (QED) is 0.235. The highest BCUT2D eigenvalue weighted by atomic mass is 15.0. The molecule has 5 nitrogen and oxygen atoms in total. The topological polar surface area (TPSA) is 55.1 Å². The summed E-state index contributed by atoms with van der Waals surface area (Å²) in [7, 11) is 0. The van der Waals surface area contributed by atoms with E-state index in [0.717, 1.165) is 65.6 Å². The Morgan fingerprint density at radius 1 is 1.09 bits per heavy atom. The minimum atomic E-state index is 0.835. The summed E-state index contributed by atoms with van der Waals surface area (Å²) in [5, 5.41) is 3.46. The molecule has 0 aliphatic rings. The van der Waals surface area contributed by atoms with Crippen LogP contribution in [0.25, 0.3) is 28.7 Å². The second-order valence-electron chi connectivity index (χ2n) is 8.66. The van der Waals surface area contributed by atoms with Crippen molar-refractivity contribution in [3.63, 3.8) is 0 Å². The predicted octanol–water partition coefficient (Wildman–Crippen LogP) is 6.07. The Kier molecular flexibility index (Phi) is 7.65. The lowest BCUT2D eigenvalue weighted by atomic mass is 10.1. The normalized spacial score (nSPS) is 11.5. The third-order valence-corrected chi connectivity index (χ3v) is 5.83. The number of rotatable bonds is 10. The Morgan fingerprint density at radius 3 is 2.76 bits per heavy atom. The van der Waals surface area contributed by atoms with Gasteiger partial charge in [0.25, 0.3) is 0 Å². The largest absolute Gasteiger partial charge is 0.317 e. The second kappa shape index (κ2) is 11.0. The van der Waals surface area contributed by atoms with Crippen LogP contribution in [0, 0.1) is 13.8 Å². The van der Waals surface area contributed by atoms with Crippen LogP contribution in [-0.4, -0.2) is 32.4 Å². The second-order valence-corrected chi connectivity index (χ2v) is 8.66. The molecule has 1 N–H and O–H groups in total. The molecule has 0 saturated heterocycles. The fourth-order valence-electron chi connectivity index (χ4n) is 4.09. The van der Waals surface area contributed by atoms with Crippen molar-refractivity contribution in [2.75, 3.05) is 13.1 Å². The van der Waals surface area contributed by atoms with Gasteiger partial charge in [0, 0.05) is 18.1 Å². The molecule has 0 radical (unpaired) electrons. The van der Waals surface area contributed by atoms with Gasteiger partial charge in [0.1, 0.15) is 11.3 Å². The molecular weight excluding hydrogens is 418 g/mol. The third kappa shape index (κ3) is 5.49. The predicted molar refractivity (Wildman–Crippen MR) is 142 cm³/mol. The van der Waals surface area contributed by atoms with Crippen molar-refractivity contribution in [2.24, 2.45) is 0 Å². The van der Waals surface area contributed by atoms with E-state index in [1.165, 1.54) is 17.5 Å². The van der Waals surface area contributed by atoms with Crippen molar-refractivity contribution in [1.82, 2.24) is 24.7 Å². The SMILES string of the molecule is C=C(/C=C\c1ncc(CCCNCCC)cc1C)c1c(-c2cccc(C)n2)nc2ccccn12. The van der Waals surface area contributed by atoms with E-state index in [-0.39, 0.29) is 0 Å². The number of pyridine rings is 3. The number of aryl methyl sites for hydroxylation is 3. The molecule has 0 bridgehead atoms. The summed E-state index contributed by atoms with van der Waals surface area (Å²) in [5.41, 5.74) is 8.73. The van der Waals surface area contributed by atoms with E-state index in [9.17, 15) is 0 Å². The Balaban J connectivity index is 1.56. The summed E-state index contributed by atoms with van der Waals surface area (Å²) in [6, 6.07) is 14.2. The minimum Gasteiger partial charge on any atom is -0.317 e. The first-order chi connectivity index (χ1) is 16.6. The van der Waals surface area contributed by atoms with Crippen molar-refractivity contribution in [3.8, 4) is 11.4 Å². The lowest BCUT2D eigenvalue weighted by molar-refractivity contribution is 0.639. The van der Waals surface area contributed by atoms with Crippen molar-refractivity contribution >= 4 is 17.3 Å². The van der Waals surface area contributed by atoms with Crippen LogP contribution in [0.2, 0.25) is 0 Å². The highest BCUT2D eigenvalue weighted by Crippen LogP contribution is 2.29. The van der Waals surface area contributed by atoms with E-state index < -0.39 is 0 Å². The van der Waals surface area contributed by atoms with Gasteiger partial charge in [-0.25, -0.2) is 4.98 Å². The van der Waals surface area contributed by atoms with E-state index in [1.807, 2.05) is 67.9 Å². The van der Waals surface area contributed by atoms with Crippen LogP contribution in [0.5, 0.6) is 0 Å². The number of fused-ring (bicyclic) bond motifs is 1. The van der Waals surface area contributed by atoms with E-state index >= 15 is 0 Å². The molecule has 0 unspecified atom stereocenters.